The number of nitro groups is 1. The number of carbonyl (C=O) groups is 3. The molecule has 5 atom stereocenters. The molecule has 0 aliphatic heterocycles. The number of nitrogens with zero attached hydrogens (tertiary/aromatic N) is 1. The number of halogens is 1. The van der Waals surface area contributed by atoms with Crippen molar-refractivity contribution >= 4 is 35.2 Å². The second kappa shape index (κ2) is 17.5. The van der Waals surface area contributed by atoms with Crippen LogP contribution >= 0.6 is 11.6 Å². The molecule has 3 rings (SSSR count). The van der Waals surface area contributed by atoms with Crippen LogP contribution < -0.4 is 0 Å². The Labute approximate surface area is 264 Å². The summed E-state index contributed by atoms with van der Waals surface area (Å²) < 4.78 is 16.3. The van der Waals surface area contributed by atoms with Crippen molar-refractivity contribution in [1.82, 2.24) is 0 Å². The molecule has 0 N–H and O–H groups in total. The Morgan fingerprint density at radius 1 is 1.05 bits per heavy atom. The van der Waals surface area contributed by atoms with Gasteiger partial charge in [0.2, 0.25) is 0 Å². The van der Waals surface area contributed by atoms with Crippen LogP contribution in [0.2, 0.25) is 0 Å². The molecule has 0 radical (unpaired) electrons. The van der Waals surface area contributed by atoms with Crippen LogP contribution in [-0.4, -0.2) is 41.4 Å². The number of allylic oxidation sites excluding steroid dienone is 2. The molecule has 10 heteroatoms. The number of hydrogen-bond acceptors (Lipinski definition) is 8. The van der Waals surface area contributed by atoms with E-state index in [0.717, 1.165) is 43.2 Å². The Bertz CT molecular complexity index is 1280. The summed E-state index contributed by atoms with van der Waals surface area (Å²) in [5, 5.41) is 10.8. The second-order valence-electron chi connectivity index (χ2n) is 11.1. The number of methoxy groups -OCH3 is 1. The largest absolute Gasteiger partial charge is 0.469 e. The normalized spacial score (nSPS) is 20.3. The first-order chi connectivity index (χ1) is 21.1. The highest BCUT2D eigenvalue weighted by molar-refractivity contribution is 6.21. The van der Waals surface area contributed by atoms with Crippen LogP contribution in [0.3, 0.4) is 0 Å². The first kappa shape index (κ1) is 34.8. The highest BCUT2D eigenvalue weighted by Crippen LogP contribution is 2.46. The maximum absolute atomic E-state index is 13.1. The zero-order chi connectivity index (χ0) is 32.1. The summed E-state index contributed by atoms with van der Waals surface area (Å²) in [6, 6.07) is 13.2. The van der Waals surface area contributed by atoms with Crippen molar-refractivity contribution in [3.8, 4) is 0 Å². The minimum absolute atomic E-state index is 0.0390. The zero-order valence-corrected chi connectivity index (χ0v) is 26.4. The Morgan fingerprint density at radius 3 is 2.36 bits per heavy atom. The van der Waals surface area contributed by atoms with Crippen molar-refractivity contribution in [2.75, 3.05) is 7.11 Å². The number of alkyl halides is 1. The van der Waals surface area contributed by atoms with Gasteiger partial charge in [0.15, 0.2) is 0 Å². The summed E-state index contributed by atoms with van der Waals surface area (Å²) in [5.41, 5.74) is 1.97. The van der Waals surface area contributed by atoms with E-state index in [9.17, 15) is 24.5 Å². The third kappa shape index (κ3) is 10.2. The van der Waals surface area contributed by atoms with E-state index in [-0.39, 0.29) is 46.5 Å². The minimum atomic E-state index is -0.569. The molecule has 2 aromatic rings. The fourth-order valence-electron chi connectivity index (χ4n) is 5.69. The van der Waals surface area contributed by atoms with Gasteiger partial charge in [-0.05, 0) is 61.3 Å². The van der Waals surface area contributed by atoms with Crippen molar-refractivity contribution in [3.05, 3.63) is 87.5 Å². The molecular weight excluding hydrogens is 586 g/mol. The number of unbranched alkanes of at least 4 members (excludes halogenated alkanes) is 3. The molecule has 44 heavy (non-hydrogen) atoms. The lowest BCUT2D eigenvalue weighted by molar-refractivity contribution is -0.384. The third-order valence-electron chi connectivity index (χ3n) is 7.98. The van der Waals surface area contributed by atoms with E-state index in [1.54, 1.807) is 0 Å². The number of esters is 3. The van der Waals surface area contributed by atoms with Gasteiger partial charge in [0.25, 0.3) is 5.69 Å². The van der Waals surface area contributed by atoms with Gasteiger partial charge in [-0.15, -0.1) is 11.6 Å². The highest BCUT2D eigenvalue weighted by atomic mass is 35.5. The topological polar surface area (TPSA) is 122 Å². The lowest BCUT2D eigenvalue weighted by Crippen LogP contribution is -2.24. The average molecular weight is 628 g/mol. The molecule has 0 heterocycles. The predicted octanol–water partition coefficient (Wildman–Crippen LogP) is 8.01. The van der Waals surface area contributed by atoms with E-state index in [1.165, 1.54) is 38.3 Å². The van der Waals surface area contributed by atoms with E-state index >= 15 is 0 Å². The third-order valence-corrected chi connectivity index (χ3v) is 8.48. The first-order valence-corrected chi connectivity index (χ1v) is 15.7. The Morgan fingerprint density at radius 2 is 1.75 bits per heavy atom. The van der Waals surface area contributed by atoms with E-state index in [4.69, 9.17) is 25.8 Å². The number of ether oxygens (including phenoxy) is 3. The first-order valence-electron chi connectivity index (χ1n) is 15.2. The van der Waals surface area contributed by atoms with E-state index in [2.05, 4.69) is 13.0 Å². The summed E-state index contributed by atoms with van der Waals surface area (Å²) in [7, 11) is 1.37. The number of benzene rings is 2. The predicted molar refractivity (Wildman–Crippen MR) is 168 cm³/mol. The van der Waals surface area contributed by atoms with Gasteiger partial charge in [-0.3, -0.25) is 19.7 Å². The van der Waals surface area contributed by atoms with Gasteiger partial charge >= 0.3 is 17.9 Å². The maximum Gasteiger partial charge on any atom is 0.338 e. The van der Waals surface area contributed by atoms with Gasteiger partial charge < -0.3 is 14.2 Å². The molecule has 1 fully saturated rings. The van der Waals surface area contributed by atoms with Gasteiger partial charge in [0.1, 0.15) is 12.2 Å². The van der Waals surface area contributed by atoms with Gasteiger partial charge in [0.05, 0.1) is 17.6 Å². The Kier molecular flexibility index (Phi) is 13.9. The fourth-order valence-corrected chi connectivity index (χ4v) is 6.13. The van der Waals surface area contributed by atoms with Crippen molar-refractivity contribution in [1.29, 1.82) is 0 Å². The summed E-state index contributed by atoms with van der Waals surface area (Å²) in [5.74, 6) is -1.38. The Balaban J connectivity index is 1.82. The molecule has 0 saturated heterocycles. The fraction of sp³-hybridized carbons (Fsp3) is 0.500. The van der Waals surface area contributed by atoms with Crippen molar-refractivity contribution in [3.63, 3.8) is 0 Å². The van der Waals surface area contributed by atoms with Gasteiger partial charge in [-0.2, -0.15) is 0 Å². The molecule has 9 nitrogen and oxygen atoms in total. The molecule has 2 unspecified atom stereocenters. The van der Waals surface area contributed by atoms with Crippen molar-refractivity contribution < 1.29 is 33.5 Å². The Hall–Kier alpha value is -3.72. The van der Waals surface area contributed by atoms with Crippen LogP contribution in [0.25, 0.3) is 0 Å². The van der Waals surface area contributed by atoms with Crippen LogP contribution in [0, 0.1) is 16.0 Å². The SMILES string of the molecule is CCCCCC(OC(C)=O)c1ccc([C@@H]2C(C/C=C\CCCC(=O)OC)[C@H](Cl)C[C@@H]2OC(=O)c2ccc([N+](=O)[O-])cc2)cc1. The lowest BCUT2D eigenvalue weighted by atomic mass is 9.84. The quantitative estimate of drug-likeness (QED) is 0.0349. The number of nitro benzene ring substituents is 1. The molecule has 2 aromatic carbocycles. The van der Waals surface area contributed by atoms with E-state index in [1.807, 2.05) is 30.3 Å². The summed E-state index contributed by atoms with van der Waals surface area (Å²) in [6.45, 7) is 3.54. The molecule has 0 aromatic heterocycles. The highest BCUT2D eigenvalue weighted by Gasteiger charge is 2.45. The summed E-state index contributed by atoms with van der Waals surface area (Å²) >= 11 is 6.89. The molecule has 1 saturated carbocycles. The maximum atomic E-state index is 13.1. The van der Waals surface area contributed by atoms with Crippen molar-refractivity contribution in [2.24, 2.45) is 5.92 Å². The average Bonchev–Trinajstić information content (AvgIpc) is 3.31. The molecule has 1 aliphatic rings. The number of non-ortho nitro benzene ring substituents is 1. The monoisotopic (exact) mass is 627 g/mol. The summed E-state index contributed by atoms with van der Waals surface area (Å²) in [4.78, 5) is 46.8. The lowest BCUT2D eigenvalue weighted by Gasteiger charge is -2.26. The minimum Gasteiger partial charge on any atom is -0.469 e. The van der Waals surface area contributed by atoms with Gasteiger partial charge in [0, 0.05) is 43.2 Å². The molecule has 238 valence electrons. The van der Waals surface area contributed by atoms with Crippen LogP contribution in [0.15, 0.2) is 60.7 Å². The zero-order valence-electron chi connectivity index (χ0n) is 25.6. The van der Waals surface area contributed by atoms with Crippen LogP contribution in [0.4, 0.5) is 5.69 Å². The molecule has 0 spiro atoms. The number of hydrogen-bond donors (Lipinski definition) is 0. The van der Waals surface area contributed by atoms with Gasteiger partial charge in [-0.1, -0.05) is 56.2 Å². The van der Waals surface area contributed by atoms with Crippen LogP contribution in [0.1, 0.15) is 105 Å². The van der Waals surface area contributed by atoms with Crippen LogP contribution in [-0.2, 0) is 23.8 Å². The van der Waals surface area contributed by atoms with Crippen molar-refractivity contribution in [2.45, 2.75) is 95.1 Å². The molecule has 0 amide bonds. The standard InChI is InChI=1S/C34H42ClNO8/c1-4-5-8-12-30(43-23(2)37)24-14-16-25(17-15-24)33-28(11-9-6-7-10-13-32(38)42-3)29(35)22-31(33)44-34(39)26-18-20-27(21-19-26)36(40)41/h6,9,14-21,28-31,33H,4-5,7-8,10-13,22H2,1-3H3/b9-6-/t28?,29-,30?,31+,33-/m1/s1. The second-order valence-corrected chi connectivity index (χ2v) is 11.7. The smallest absolute Gasteiger partial charge is 0.338 e. The van der Waals surface area contributed by atoms with Crippen LogP contribution in [0.5, 0.6) is 0 Å². The number of carbonyl (C=O) groups excluding carboxylic acids is 3. The van der Waals surface area contributed by atoms with E-state index < -0.39 is 17.0 Å². The van der Waals surface area contributed by atoms with E-state index in [0.29, 0.717) is 25.7 Å². The molecular formula is C34H42ClNO8. The molecule has 0 bridgehead atoms. The van der Waals surface area contributed by atoms with Gasteiger partial charge in [-0.25, -0.2) is 4.79 Å². The summed E-state index contributed by atoms with van der Waals surface area (Å²) in [6.07, 6.45) is 9.88. The number of rotatable bonds is 16. The molecule has 1 aliphatic carbocycles.